The van der Waals surface area contributed by atoms with E-state index >= 15 is 0 Å². The van der Waals surface area contributed by atoms with Crippen LogP contribution in [0.25, 0.3) is 0 Å². The average molecular weight is 297 g/mol. The molecule has 0 aliphatic carbocycles. The van der Waals surface area contributed by atoms with Crippen LogP contribution in [0.3, 0.4) is 0 Å². The van der Waals surface area contributed by atoms with Gasteiger partial charge in [0.25, 0.3) is 11.3 Å². The molecule has 1 aromatic heterocycles. The Morgan fingerprint density at radius 1 is 1.32 bits per heavy atom. The van der Waals surface area contributed by atoms with E-state index in [2.05, 4.69) is 9.71 Å². The minimum atomic E-state index is -2.19. The molecule has 0 saturated heterocycles. The lowest BCUT2D eigenvalue weighted by molar-refractivity contribution is 0.472. The normalized spacial score (nSPS) is 11.9. The minimum absolute atomic E-state index is 0.320. The number of pyridine rings is 1. The number of hydrogen-bond donors (Lipinski definition) is 3. The van der Waals surface area contributed by atoms with Gasteiger partial charge >= 0.3 is 0 Å². The fourth-order valence-electron chi connectivity index (χ4n) is 1.39. The summed E-state index contributed by atoms with van der Waals surface area (Å²) in [6.07, 6.45) is 2.93. The van der Waals surface area contributed by atoms with E-state index in [9.17, 15) is 4.21 Å². The Morgan fingerprint density at radius 3 is 2.84 bits per heavy atom. The lowest BCUT2D eigenvalue weighted by atomic mass is 10.3. The number of hydrogen-bond acceptors (Lipinski definition) is 5. The summed E-state index contributed by atoms with van der Waals surface area (Å²) in [7, 11) is 0. The zero-order chi connectivity index (χ0) is 13.7. The second-order valence-electron chi connectivity index (χ2n) is 3.39. The molecule has 0 amide bonds. The van der Waals surface area contributed by atoms with Gasteiger partial charge in [-0.15, -0.1) is 0 Å². The number of nitrogens with one attached hydrogen (secondary N) is 1. The molecule has 2 aromatic rings. The van der Waals surface area contributed by atoms with Gasteiger partial charge in [-0.2, -0.15) is 0 Å². The number of nitrogens with two attached hydrogens (primary N) is 1. The molecule has 0 aliphatic rings. The maximum absolute atomic E-state index is 10.8. The summed E-state index contributed by atoms with van der Waals surface area (Å²) in [5.74, 6) is 0.951. The summed E-state index contributed by atoms with van der Waals surface area (Å²) in [5, 5.41) is 5.54. The van der Waals surface area contributed by atoms with Gasteiger partial charge in [-0.05, 0) is 24.1 Å². The molecule has 1 aromatic carbocycles. The van der Waals surface area contributed by atoms with Crippen molar-refractivity contribution in [2.45, 2.75) is 4.90 Å². The third-order valence-corrected chi connectivity index (χ3v) is 3.16. The largest absolute Gasteiger partial charge is 0.454 e. The third kappa shape index (κ3) is 3.67. The first-order valence-electron chi connectivity index (χ1n) is 5.16. The fourth-order valence-corrected chi connectivity index (χ4v) is 2.12. The molecule has 0 bridgehead atoms. The summed E-state index contributed by atoms with van der Waals surface area (Å²) in [4.78, 5) is 4.62. The van der Waals surface area contributed by atoms with Gasteiger partial charge in [0.2, 0.25) is 0 Å². The zero-order valence-corrected chi connectivity index (χ0v) is 11.3. The van der Waals surface area contributed by atoms with Gasteiger partial charge in [0.1, 0.15) is 11.4 Å². The summed E-state index contributed by atoms with van der Waals surface area (Å²) < 4.78 is 27.7. The summed E-state index contributed by atoms with van der Waals surface area (Å²) in [6.45, 7) is 0. The van der Waals surface area contributed by atoms with Gasteiger partial charge in [0.15, 0.2) is 5.75 Å². The predicted octanol–water partition coefficient (Wildman–Crippen LogP) is 2.39. The van der Waals surface area contributed by atoms with E-state index in [1.165, 1.54) is 12.4 Å². The van der Waals surface area contributed by atoms with Crippen LogP contribution in [0.2, 0.25) is 0 Å². The van der Waals surface area contributed by atoms with E-state index in [-0.39, 0.29) is 0 Å². The van der Waals surface area contributed by atoms with Gasteiger partial charge in [-0.25, -0.2) is 4.21 Å². The molecule has 6 nitrogen and oxygen atoms in total. The van der Waals surface area contributed by atoms with Crippen molar-refractivity contribution in [1.29, 1.82) is 0 Å². The Labute approximate surface area is 116 Å². The van der Waals surface area contributed by atoms with Crippen LogP contribution in [0, 0.1) is 0 Å². The van der Waals surface area contributed by atoms with Crippen molar-refractivity contribution in [1.82, 2.24) is 4.98 Å². The van der Waals surface area contributed by atoms with Crippen LogP contribution in [0.1, 0.15) is 0 Å². The second kappa shape index (κ2) is 6.53. The highest BCUT2D eigenvalue weighted by Crippen LogP contribution is 2.33. The van der Waals surface area contributed by atoms with Crippen LogP contribution >= 0.6 is 11.9 Å². The molecular formula is C11H11N3O3S2. The maximum atomic E-state index is 10.8. The average Bonchev–Trinajstić information content (AvgIpc) is 2.41. The van der Waals surface area contributed by atoms with Crippen LogP contribution < -0.4 is 14.6 Å². The Kier molecular flexibility index (Phi) is 4.74. The first-order valence-corrected chi connectivity index (χ1v) is 7.14. The molecular weight excluding hydrogens is 286 g/mol. The Morgan fingerprint density at radius 2 is 2.11 bits per heavy atom. The number of nitrogens with zero attached hydrogens (tertiary/aromatic N) is 1. The number of rotatable bonds is 5. The van der Waals surface area contributed by atoms with Gasteiger partial charge < -0.3 is 4.74 Å². The molecule has 100 valence electrons. The second-order valence-corrected chi connectivity index (χ2v) is 4.77. The van der Waals surface area contributed by atoms with E-state index in [0.29, 0.717) is 17.2 Å². The standard InChI is InChI=1S/C11H11N3O3S2/c12-18-11-4-2-1-3-10(11)17-9-5-6-13-7-8(9)14-19(15)16/h1-7,14H,12H2,(H,15,16). The molecule has 8 heteroatoms. The van der Waals surface area contributed by atoms with Gasteiger partial charge in [-0.1, -0.05) is 12.1 Å². The monoisotopic (exact) mass is 297 g/mol. The highest BCUT2D eigenvalue weighted by atomic mass is 32.2. The highest BCUT2D eigenvalue weighted by Gasteiger charge is 2.09. The van der Waals surface area contributed by atoms with E-state index in [1.54, 1.807) is 12.1 Å². The molecule has 1 unspecified atom stereocenters. The molecule has 1 heterocycles. The molecule has 2 rings (SSSR count). The molecule has 19 heavy (non-hydrogen) atoms. The number of benzene rings is 1. The van der Waals surface area contributed by atoms with Crippen LogP contribution in [0.15, 0.2) is 47.6 Å². The molecule has 0 fully saturated rings. The fraction of sp³-hybridized carbons (Fsp3) is 0. The van der Waals surface area contributed by atoms with Crippen LogP contribution in [-0.2, 0) is 11.3 Å². The first kappa shape index (κ1) is 13.8. The van der Waals surface area contributed by atoms with Crippen molar-refractivity contribution in [2.75, 3.05) is 4.72 Å². The number of aromatic nitrogens is 1. The van der Waals surface area contributed by atoms with Crippen LogP contribution in [0.4, 0.5) is 5.69 Å². The lowest BCUT2D eigenvalue weighted by Crippen LogP contribution is -2.04. The predicted molar refractivity (Wildman–Crippen MR) is 75.2 cm³/mol. The van der Waals surface area contributed by atoms with Crippen molar-refractivity contribution in [3.05, 3.63) is 42.7 Å². The van der Waals surface area contributed by atoms with E-state index in [1.807, 2.05) is 18.2 Å². The number of anilines is 1. The quantitative estimate of drug-likeness (QED) is 0.579. The van der Waals surface area contributed by atoms with Crippen LogP contribution in [0.5, 0.6) is 11.5 Å². The first-order chi connectivity index (χ1) is 9.20. The van der Waals surface area contributed by atoms with Crippen molar-refractivity contribution in [3.8, 4) is 11.5 Å². The molecule has 0 aliphatic heterocycles. The maximum Gasteiger partial charge on any atom is 0.259 e. The number of para-hydroxylation sites is 1. The van der Waals surface area contributed by atoms with Gasteiger partial charge in [0, 0.05) is 12.3 Å². The molecule has 0 saturated carbocycles. The third-order valence-electron chi connectivity index (χ3n) is 2.17. The van der Waals surface area contributed by atoms with Gasteiger partial charge in [0.05, 0.1) is 11.1 Å². The SMILES string of the molecule is NSc1ccccc1Oc1ccncc1NS(=O)O. The minimum Gasteiger partial charge on any atom is -0.454 e. The highest BCUT2D eigenvalue weighted by molar-refractivity contribution is 7.97. The smallest absolute Gasteiger partial charge is 0.259 e. The summed E-state index contributed by atoms with van der Waals surface area (Å²) in [6, 6.07) is 8.82. The van der Waals surface area contributed by atoms with Crippen molar-refractivity contribution in [2.24, 2.45) is 5.14 Å². The van der Waals surface area contributed by atoms with Crippen molar-refractivity contribution in [3.63, 3.8) is 0 Å². The Hall–Kier alpha value is -1.61. The zero-order valence-electron chi connectivity index (χ0n) is 9.65. The van der Waals surface area contributed by atoms with E-state index in [0.717, 1.165) is 16.8 Å². The molecule has 4 N–H and O–H groups in total. The topological polar surface area (TPSA) is 97.5 Å². The van der Waals surface area contributed by atoms with Crippen molar-refractivity contribution >= 4 is 28.9 Å². The molecule has 0 radical (unpaired) electrons. The Balaban J connectivity index is 2.30. The van der Waals surface area contributed by atoms with Gasteiger partial charge in [-0.3, -0.25) is 19.4 Å². The molecule has 1 atom stereocenters. The van der Waals surface area contributed by atoms with E-state index in [4.69, 9.17) is 14.4 Å². The lowest BCUT2D eigenvalue weighted by Gasteiger charge is -2.12. The van der Waals surface area contributed by atoms with Crippen LogP contribution in [-0.4, -0.2) is 13.7 Å². The summed E-state index contributed by atoms with van der Waals surface area (Å²) >= 11 is -1.13. The van der Waals surface area contributed by atoms with E-state index < -0.39 is 11.3 Å². The Bertz CT molecular complexity index is 595. The summed E-state index contributed by atoms with van der Waals surface area (Å²) in [5.41, 5.74) is 0.320. The van der Waals surface area contributed by atoms with Crippen molar-refractivity contribution < 1.29 is 13.5 Å². The number of ether oxygens (including phenoxy) is 1. The molecule has 0 spiro atoms.